The van der Waals surface area contributed by atoms with Crippen LogP contribution in [0.25, 0.3) is 0 Å². The van der Waals surface area contributed by atoms with Gasteiger partial charge in [0.05, 0.1) is 6.04 Å². The minimum atomic E-state index is 0.206. The van der Waals surface area contributed by atoms with Gasteiger partial charge in [0.25, 0.3) is 0 Å². The van der Waals surface area contributed by atoms with Crippen molar-refractivity contribution in [2.75, 3.05) is 6.54 Å². The summed E-state index contributed by atoms with van der Waals surface area (Å²) in [5.41, 5.74) is 6.48. The molecule has 2 aliphatic rings. The van der Waals surface area contributed by atoms with Gasteiger partial charge < -0.3 is 10.6 Å². The minimum absolute atomic E-state index is 0.206. The van der Waals surface area contributed by atoms with E-state index < -0.39 is 0 Å². The maximum absolute atomic E-state index is 5.70. The van der Waals surface area contributed by atoms with Crippen LogP contribution in [0.1, 0.15) is 94.5 Å². The van der Waals surface area contributed by atoms with Crippen molar-refractivity contribution >= 4 is 17.3 Å². The van der Waals surface area contributed by atoms with Crippen molar-refractivity contribution in [1.82, 2.24) is 10.6 Å². The monoisotopic (exact) mass is 448 g/mol. The van der Waals surface area contributed by atoms with Crippen LogP contribution in [-0.2, 0) is 11.8 Å². The third-order valence-electron chi connectivity index (χ3n) is 8.47. The van der Waals surface area contributed by atoms with Gasteiger partial charge in [-0.15, -0.1) is 0 Å². The molecule has 1 fully saturated rings. The van der Waals surface area contributed by atoms with E-state index >= 15 is 0 Å². The number of fused-ring (bicyclic) bond motifs is 3. The molecule has 2 aromatic carbocycles. The van der Waals surface area contributed by atoms with Crippen LogP contribution in [0.15, 0.2) is 48.5 Å². The van der Waals surface area contributed by atoms with Crippen LogP contribution >= 0.6 is 12.2 Å². The molecule has 3 heteroatoms. The molecule has 0 unspecified atom stereocenters. The zero-order valence-electron chi connectivity index (χ0n) is 20.5. The molecule has 32 heavy (non-hydrogen) atoms. The van der Waals surface area contributed by atoms with Crippen molar-refractivity contribution in [3.63, 3.8) is 0 Å². The number of hydrogen-bond acceptors (Lipinski definition) is 1. The molecule has 4 atom stereocenters. The zero-order chi connectivity index (χ0) is 22.9. The van der Waals surface area contributed by atoms with E-state index in [1.165, 1.54) is 43.2 Å². The van der Waals surface area contributed by atoms with E-state index in [1.54, 1.807) is 11.1 Å². The topological polar surface area (TPSA) is 24.1 Å². The first-order valence-corrected chi connectivity index (χ1v) is 12.9. The van der Waals surface area contributed by atoms with Gasteiger partial charge in [0.15, 0.2) is 5.11 Å². The normalized spacial score (nSPS) is 27.9. The minimum Gasteiger partial charge on any atom is -0.362 e. The van der Waals surface area contributed by atoms with Gasteiger partial charge in [0, 0.05) is 6.54 Å². The average Bonchev–Trinajstić information content (AvgIpc) is 2.78. The fourth-order valence-corrected chi connectivity index (χ4v) is 6.82. The molecule has 0 radical (unpaired) electrons. The maximum atomic E-state index is 5.70. The highest BCUT2D eigenvalue weighted by Crippen LogP contribution is 2.57. The van der Waals surface area contributed by atoms with Gasteiger partial charge in [0.2, 0.25) is 0 Å². The lowest BCUT2D eigenvalue weighted by Gasteiger charge is -2.55. The van der Waals surface area contributed by atoms with E-state index in [2.05, 4.69) is 93.8 Å². The standard InChI is InChI=1S/C29H40N2S/c1-20(2)23-12-14-25-24(18-23)13-15-26-28(4,16-9-17-29(25,26)5)19-30-27(32)31-21(3)22-10-7-6-8-11-22/h6-8,10-12,14,18,20-21,26H,9,13,15-17,19H2,1-5H3,(H2,30,31,32)/t21-,26-,28-,29+/m0/s1. The van der Waals surface area contributed by atoms with Crippen LogP contribution in [0, 0.1) is 11.3 Å². The second-order valence-corrected chi connectivity index (χ2v) is 11.5. The number of rotatable bonds is 5. The third-order valence-corrected chi connectivity index (χ3v) is 8.73. The smallest absolute Gasteiger partial charge is 0.166 e. The summed E-state index contributed by atoms with van der Waals surface area (Å²) in [5.74, 6) is 1.28. The van der Waals surface area contributed by atoms with Crippen LogP contribution in [-0.4, -0.2) is 11.7 Å². The Kier molecular flexibility index (Phi) is 6.68. The summed E-state index contributed by atoms with van der Waals surface area (Å²) >= 11 is 5.70. The van der Waals surface area contributed by atoms with Crippen molar-refractivity contribution in [3.8, 4) is 0 Å². The van der Waals surface area contributed by atoms with Crippen molar-refractivity contribution in [3.05, 3.63) is 70.8 Å². The summed E-state index contributed by atoms with van der Waals surface area (Å²) in [4.78, 5) is 0. The lowest BCUT2D eigenvalue weighted by molar-refractivity contribution is 0.0292. The Morgan fingerprint density at radius 1 is 1.03 bits per heavy atom. The van der Waals surface area contributed by atoms with Crippen molar-refractivity contribution < 1.29 is 0 Å². The van der Waals surface area contributed by atoms with E-state index in [0.717, 1.165) is 11.7 Å². The SMILES string of the molecule is CC(C)c1ccc2c(c1)CC[C@H]1[C@](C)(CNC(=S)N[C@@H](C)c3ccccc3)CCC[C@]21C. The molecular formula is C29H40N2S. The molecule has 0 bridgehead atoms. The molecule has 2 N–H and O–H groups in total. The first-order chi connectivity index (χ1) is 15.2. The number of aryl methyl sites for hydroxylation is 1. The Bertz CT molecular complexity index is 953. The number of hydrogen-bond donors (Lipinski definition) is 2. The molecule has 2 aliphatic carbocycles. The van der Waals surface area contributed by atoms with Gasteiger partial charge in [-0.2, -0.15) is 0 Å². The summed E-state index contributed by atoms with van der Waals surface area (Å²) in [6.45, 7) is 12.8. The van der Waals surface area contributed by atoms with E-state index in [1.807, 2.05) is 0 Å². The van der Waals surface area contributed by atoms with Crippen LogP contribution in [0.2, 0.25) is 0 Å². The van der Waals surface area contributed by atoms with E-state index in [0.29, 0.717) is 11.8 Å². The number of thiocarbonyl (C=S) groups is 1. The van der Waals surface area contributed by atoms with Gasteiger partial charge in [0.1, 0.15) is 0 Å². The molecule has 0 aliphatic heterocycles. The summed E-state index contributed by atoms with van der Waals surface area (Å²) in [6, 6.07) is 18.1. The highest BCUT2D eigenvalue weighted by atomic mass is 32.1. The van der Waals surface area contributed by atoms with Gasteiger partial charge in [-0.05, 0) is 89.7 Å². The average molecular weight is 449 g/mol. The van der Waals surface area contributed by atoms with Gasteiger partial charge in [-0.1, -0.05) is 82.6 Å². The quantitative estimate of drug-likeness (QED) is 0.479. The Morgan fingerprint density at radius 2 is 1.78 bits per heavy atom. The van der Waals surface area contributed by atoms with E-state index in [4.69, 9.17) is 12.2 Å². The molecule has 2 aromatic rings. The molecule has 1 saturated carbocycles. The van der Waals surface area contributed by atoms with Crippen LogP contribution in [0.3, 0.4) is 0 Å². The Hall–Kier alpha value is -1.87. The summed E-state index contributed by atoms with van der Waals surface area (Å²) in [7, 11) is 0. The molecule has 0 spiro atoms. The second kappa shape index (κ2) is 9.17. The number of benzene rings is 2. The Balaban J connectivity index is 1.46. The molecule has 172 valence electrons. The van der Waals surface area contributed by atoms with Crippen molar-refractivity contribution in [1.29, 1.82) is 0 Å². The predicted octanol–water partition coefficient (Wildman–Crippen LogP) is 7.05. The lowest BCUT2D eigenvalue weighted by atomic mass is 9.49. The third kappa shape index (κ3) is 4.46. The Morgan fingerprint density at radius 3 is 2.50 bits per heavy atom. The first-order valence-electron chi connectivity index (χ1n) is 12.5. The summed E-state index contributed by atoms with van der Waals surface area (Å²) in [6.07, 6.45) is 6.35. The Labute approximate surface area is 200 Å². The largest absolute Gasteiger partial charge is 0.362 e. The molecule has 0 amide bonds. The molecule has 2 nitrogen and oxygen atoms in total. The summed E-state index contributed by atoms with van der Waals surface area (Å²) in [5, 5.41) is 7.87. The highest BCUT2D eigenvalue weighted by Gasteiger charge is 2.51. The molecule has 0 heterocycles. The molecule has 4 rings (SSSR count). The summed E-state index contributed by atoms with van der Waals surface area (Å²) < 4.78 is 0. The number of nitrogens with one attached hydrogen (secondary N) is 2. The van der Waals surface area contributed by atoms with Gasteiger partial charge in [-0.25, -0.2) is 0 Å². The lowest BCUT2D eigenvalue weighted by Crippen LogP contribution is -2.54. The molecule has 0 saturated heterocycles. The van der Waals surface area contributed by atoms with Crippen LogP contribution in [0.4, 0.5) is 0 Å². The highest BCUT2D eigenvalue weighted by molar-refractivity contribution is 7.80. The van der Waals surface area contributed by atoms with E-state index in [9.17, 15) is 0 Å². The van der Waals surface area contributed by atoms with Crippen LogP contribution < -0.4 is 10.6 Å². The molecular weight excluding hydrogens is 408 g/mol. The second-order valence-electron chi connectivity index (χ2n) is 11.0. The predicted molar refractivity (Wildman–Crippen MR) is 140 cm³/mol. The van der Waals surface area contributed by atoms with Gasteiger partial charge in [-0.3, -0.25) is 0 Å². The zero-order valence-corrected chi connectivity index (χ0v) is 21.3. The fraction of sp³-hybridized carbons (Fsp3) is 0.552. The van der Waals surface area contributed by atoms with E-state index in [-0.39, 0.29) is 16.9 Å². The van der Waals surface area contributed by atoms with Crippen molar-refractivity contribution in [2.24, 2.45) is 11.3 Å². The molecule has 0 aromatic heterocycles. The van der Waals surface area contributed by atoms with Crippen molar-refractivity contribution in [2.45, 2.75) is 84.1 Å². The first kappa shape index (κ1) is 23.3. The maximum Gasteiger partial charge on any atom is 0.166 e. The van der Waals surface area contributed by atoms with Gasteiger partial charge >= 0.3 is 0 Å². The van der Waals surface area contributed by atoms with Crippen LogP contribution in [0.5, 0.6) is 0 Å². The fourth-order valence-electron chi connectivity index (χ4n) is 6.57.